The topological polar surface area (TPSA) is 29.9 Å². The predicted molar refractivity (Wildman–Crippen MR) is 92.0 cm³/mol. The lowest BCUT2D eigenvalue weighted by Crippen LogP contribution is -2.19. The third kappa shape index (κ3) is 3.74. The Bertz CT molecular complexity index is 629. The molecule has 1 heterocycles. The Morgan fingerprint density at radius 3 is 2.48 bits per heavy atom. The fraction of sp³-hybridized carbons (Fsp3) is 0.471. The third-order valence-electron chi connectivity index (χ3n) is 3.78. The van der Waals surface area contributed by atoms with Gasteiger partial charge in [0.25, 0.3) is 0 Å². The molecule has 3 nitrogen and oxygen atoms in total. The Labute approximate surface area is 135 Å². The molecular weight excluding hydrogens is 326 g/mol. The highest BCUT2D eigenvalue weighted by Gasteiger charge is 2.11. The molecule has 0 spiro atoms. The molecule has 0 saturated heterocycles. The van der Waals surface area contributed by atoms with Crippen molar-refractivity contribution < 1.29 is 0 Å². The van der Waals surface area contributed by atoms with Crippen molar-refractivity contribution in [1.29, 1.82) is 0 Å². The van der Waals surface area contributed by atoms with Gasteiger partial charge in [0.15, 0.2) is 0 Å². The standard InChI is InChI=1S/C17H24BrN3/c1-11(2)9-19-10-15-6-7-17(16(18)8-15)21-14(5)12(3)13(4)20-21/h6-8,11,19H,9-10H2,1-5H3. The second-order valence-corrected chi connectivity index (χ2v) is 6.87. The summed E-state index contributed by atoms with van der Waals surface area (Å²) < 4.78 is 3.09. The highest BCUT2D eigenvalue weighted by atomic mass is 79.9. The molecule has 0 bridgehead atoms. The Hall–Kier alpha value is -1.13. The molecule has 0 fully saturated rings. The van der Waals surface area contributed by atoms with Gasteiger partial charge in [-0.15, -0.1) is 0 Å². The number of halogens is 1. The average molecular weight is 350 g/mol. The van der Waals surface area contributed by atoms with Gasteiger partial charge in [0, 0.05) is 16.7 Å². The molecule has 21 heavy (non-hydrogen) atoms. The van der Waals surface area contributed by atoms with Gasteiger partial charge in [0.05, 0.1) is 11.4 Å². The van der Waals surface area contributed by atoms with Gasteiger partial charge >= 0.3 is 0 Å². The van der Waals surface area contributed by atoms with E-state index in [-0.39, 0.29) is 0 Å². The first-order valence-electron chi connectivity index (χ1n) is 7.42. The Kier molecular flexibility index (Phi) is 5.22. The van der Waals surface area contributed by atoms with Gasteiger partial charge in [-0.2, -0.15) is 5.10 Å². The summed E-state index contributed by atoms with van der Waals surface area (Å²) in [6.07, 6.45) is 0. The van der Waals surface area contributed by atoms with Crippen molar-refractivity contribution in [1.82, 2.24) is 15.1 Å². The Morgan fingerprint density at radius 2 is 1.95 bits per heavy atom. The molecule has 0 aliphatic rings. The van der Waals surface area contributed by atoms with Crippen LogP contribution in [0.1, 0.15) is 36.4 Å². The predicted octanol–water partition coefficient (Wildman–Crippen LogP) is 4.31. The SMILES string of the molecule is Cc1nn(-c2ccc(CNCC(C)C)cc2Br)c(C)c1C. The molecule has 1 aromatic carbocycles. The summed E-state index contributed by atoms with van der Waals surface area (Å²) in [5, 5.41) is 8.10. The number of hydrogen-bond acceptors (Lipinski definition) is 2. The molecule has 0 atom stereocenters. The molecule has 0 radical (unpaired) electrons. The molecule has 0 amide bonds. The van der Waals surface area contributed by atoms with E-state index in [4.69, 9.17) is 0 Å². The van der Waals surface area contributed by atoms with Gasteiger partial charge in [-0.05, 0) is 72.4 Å². The van der Waals surface area contributed by atoms with Gasteiger partial charge in [-0.3, -0.25) is 0 Å². The zero-order chi connectivity index (χ0) is 15.6. The van der Waals surface area contributed by atoms with Gasteiger partial charge in [0.1, 0.15) is 0 Å². The molecule has 4 heteroatoms. The van der Waals surface area contributed by atoms with Crippen LogP contribution >= 0.6 is 15.9 Å². The van der Waals surface area contributed by atoms with Crippen LogP contribution in [0.2, 0.25) is 0 Å². The van der Waals surface area contributed by atoms with Gasteiger partial charge < -0.3 is 5.32 Å². The van der Waals surface area contributed by atoms with Crippen LogP contribution in [0.3, 0.4) is 0 Å². The van der Waals surface area contributed by atoms with E-state index in [1.165, 1.54) is 16.8 Å². The summed E-state index contributed by atoms with van der Waals surface area (Å²) in [6, 6.07) is 6.48. The summed E-state index contributed by atoms with van der Waals surface area (Å²) in [5.41, 5.74) is 5.91. The summed E-state index contributed by atoms with van der Waals surface area (Å²) in [7, 11) is 0. The summed E-state index contributed by atoms with van der Waals surface area (Å²) in [5.74, 6) is 0.672. The second-order valence-electron chi connectivity index (χ2n) is 6.02. The maximum Gasteiger partial charge on any atom is 0.0791 e. The molecule has 1 aromatic heterocycles. The minimum atomic E-state index is 0.672. The van der Waals surface area contributed by atoms with E-state index in [2.05, 4.69) is 79.2 Å². The minimum Gasteiger partial charge on any atom is -0.312 e. The fourth-order valence-electron chi connectivity index (χ4n) is 2.29. The van der Waals surface area contributed by atoms with Crippen molar-refractivity contribution in [2.75, 3.05) is 6.54 Å². The monoisotopic (exact) mass is 349 g/mol. The molecule has 114 valence electrons. The van der Waals surface area contributed by atoms with Crippen molar-refractivity contribution in [2.24, 2.45) is 5.92 Å². The van der Waals surface area contributed by atoms with E-state index in [1.807, 2.05) is 4.68 Å². The van der Waals surface area contributed by atoms with E-state index >= 15 is 0 Å². The lowest BCUT2D eigenvalue weighted by molar-refractivity contribution is 0.552. The van der Waals surface area contributed by atoms with Crippen LogP contribution in [0.4, 0.5) is 0 Å². The number of nitrogens with zero attached hydrogens (tertiary/aromatic N) is 2. The van der Waals surface area contributed by atoms with Crippen LogP contribution in [0.25, 0.3) is 5.69 Å². The smallest absolute Gasteiger partial charge is 0.0791 e. The zero-order valence-electron chi connectivity index (χ0n) is 13.5. The number of benzene rings is 1. The summed E-state index contributed by atoms with van der Waals surface area (Å²) in [4.78, 5) is 0. The molecule has 0 aliphatic carbocycles. The maximum absolute atomic E-state index is 4.63. The number of nitrogens with one attached hydrogen (secondary N) is 1. The molecule has 0 saturated carbocycles. The summed E-state index contributed by atoms with van der Waals surface area (Å²) >= 11 is 3.68. The first-order chi connectivity index (χ1) is 9.90. The van der Waals surface area contributed by atoms with Crippen LogP contribution < -0.4 is 5.32 Å². The maximum atomic E-state index is 4.63. The van der Waals surface area contributed by atoms with E-state index in [0.717, 1.165) is 28.9 Å². The minimum absolute atomic E-state index is 0.672. The first kappa shape index (κ1) is 16.2. The van der Waals surface area contributed by atoms with Crippen LogP contribution in [-0.4, -0.2) is 16.3 Å². The van der Waals surface area contributed by atoms with Crippen molar-refractivity contribution in [2.45, 2.75) is 41.2 Å². The van der Waals surface area contributed by atoms with Crippen LogP contribution in [0.5, 0.6) is 0 Å². The quantitative estimate of drug-likeness (QED) is 0.871. The lowest BCUT2D eigenvalue weighted by Gasteiger charge is -2.11. The number of aryl methyl sites for hydroxylation is 1. The van der Waals surface area contributed by atoms with Crippen molar-refractivity contribution >= 4 is 15.9 Å². The second kappa shape index (κ2) is 6.75. The van der Waals surface area contributed by atoms with Crippen LogP contribution in [-0.2, 0) is 6.54 Å². The van der Waals surface area contributed by atoms with Gasteiger partial charge in [0.2, 0.25) is 0 Å². The first-order valence-corrected chi connectivity index (χ1v) is 8.21. The average Bonchev–Trinajstić information content (AvgIpc) is 2.66. The third-order valence-corrected chi connectivity index (χ3v) is 4.41. The molecule has 0 unspecified atom stereocenters. The van der Waals surface area contributed by atoms with Crippen molar-refractivity contribution in [3.63, 3.8) is 0 Å². The normalized spacial score (nSPS) is 11.4. The highest BCUT2D eigenvalue weighted by molar-refractivity contribution is 9.10. The summed E-state index contributed by atoms with van der Waals surface area (Å²) in [6.45, 7) is 12.7. The van der Waals surface area contributed by atoms with E-state index < -0.39 is 0 Å². The Balaban J connectivity index is 2.21. The number of rotatable bonds is 5. The molecular formula is C17H24BrN3. The van der Waals surface area contributed by atoms with Crippen LogP contribution in [0, 0.1) is 26.7 Å². The highest BCUT2D eigenvalue weighted by Crippen LogP contribution is 2.25. The van der Waals surface area contributed by atoms with Crippen molar-refractivity contribution in [3.8, 4) is 5.69 Å². The largest absolute Gasteiger partial charge is 0.312 e. The van der Waals surface area contributed by atoms with E-state index in [9.17, 15) is 0 Å². The Morgan fingerprint density at radius 1 is 1.24 bits per heavy atom. The van der Waals surface area contributed by atoms with Crippen LogP contribution in [0.15, 0.2) is 22.7 Å². The van der Waals surface area contributed by atoms with Crippen molar-refractivity contribution in [3.05, 3.63) is 45.2 Å². The molecule has 2 aromatic rings. The molecule has 2 rings (SSSR count). The zero-order valence-corrected chi connectivity index (χ0v) is 15.1. The lowest BCUT2D eigenvalue weighted by atomic mass is 10.1. The molecule has 1 N–H and O–H groups in total. The van der Waals surface area contributed by atoms with Gasteiger partial charge in [-0.1, -0.05) is 19.9 Å². The van der Waals surface area contributed by atoms with Gasteiger partial charge in [-0.25, -0.2) is 4.68 Å². The number of aromatic nitrogens is 2. The molecule has 0 aliphatic heterocycles. The fourth-order valence-corrected chi connectivity index (χ4v) is 2.89. The van der Waals surface area contributed by atoms with E-state index in [1.54, 1.807) is 0 Å². The number of hydrogen-bond donors (Lipinski definition) is 1. The van der Waals surface area contributed by atoms with E-state index in [0.29, 0.717) is 5.92 Å².